The molecular weight excluding hydrogens is 404 g/mol. The van der Waals surface area contributed by atoms with Crippen LogP contribution in [-0.2, 0) is 9.53 Å². The molecule has 3 aromatic carbocycles. The lowest BCUT2D eigenvalue weighted by molar-refractivity contribution is -0.116. The smallest absolute Gasteiger partial charge is 0.253 e. The van der Waals surface area contributed by atoms with E-state index in [1.165, 1.54) is 0 Å². The Morgan fingerprint density at radius 3 is 2.22 bits per heavy atom. The Morgan fingerprint density at radius 2 is 1.53 bits per heavy atom. The molecule has 1 fully saturated rings. The number of benzene rings is 3. The second kappa shape index (κ2) is 8.85. The first-order chi connectivity index (χ1) is 15.7. The van der Waals surface area contributed by atoms with E-state index in [1.807, 2.05) is 48.5 Å². The topological polar surface area (TPSA) is 76.7 Å². The largest absolute Gasteiger partial charge is 0.457 e. The van der Waals surface area contributed by atoms with Gasteiger partial charge in [-0.3, -0.25) is 9.59 Å². The average Bonchev–Trinajstić information content (AvgIpc) is 3.35. The van der Waals surface area contributed by atoms with Gasteiger partial charge in [0.25, 0.3) is 5.91 Å². The van der Waals surface area contributed by atoms with E-state index in [0.717, 1.165) is 30.6 Å². The maximum absolute atomic E-state index is 13.5. The highest BCUT2D eigenvalue weighted by atomic mass is 16.5. The van der Waals surface area contributed by atoms with Crippen molar-refractivity contribution in [3.8, 4) is 11.5 Å². The molecule has 0 saturated carbocycles. The molecular formula is C26H24N2O4. The van der Waals surface area contributed by atoms with Crippen LogP contribution >= 0.6 is 0 Å². The summed E-state index contributed by atoms with van der Waals surface area (Å²) in [6.45, 7) is 1.20. The van der Waals surface area contributed by atoms with E-state index in [9.17, 15) is 9.59 Å². The van der Waals surface area contributed by atoms with Gasteiger partial charge >= 0.3 is 0 Å². The fraction of sp³-hybridized carbons (Fsp3) is 0.231. The first-order valence-corrected chi connectivity index (χ1v) is 10.9. The molecule has 0 bridgehead atoms. The van der Waals surface area contributed by atoms with Crippen LogP contribution < -0.4 is 15.4 Å². The van der Waals surface area contributed by atoms with Crippen LogP contribution in [0, 0.1) is 0 Å². The van der Waals surface area contributed by atoms with Gasteiger partial charge < -0.3 is 20.1 Å². The minimum atomic E-state index is -0.542. The van der Waals surface area contributed by atoms with Crippen LogP contribution in [-0.4, -0.2) is 31.1 Å². The van der Waals surface area contributed by atoms with E-state index in [1.54, 1.807) is 24.3 Å². The highest BCUT2D eigenvalue weighted by molar-refractivity contribution is 6.06. The number of hydrogen-bond donors (Lipinski definition) is 2. The summed E-state index contributed by atoms with van der Waals surface area (Å²) in [7, 11) is 0. The number of nitrogens with one attached hydrogen (secondary N) is 2. The Kier molecular flexibility index (Phi) is 5.60. The number of amides is 2. The van der Waals surface area contributed by atoms with E-state index >= 15 is 0 Å². The normalized spacial score (nSPS) is 17.1. The molecule has 5 rings (SSSR count). The molecule has 0 aliphatic carbocycles. The molecule has 0 radical (unpaired) electrons. The van der Waals surface area contributed by atoms with Crippen LogP contribution in [0.15, 0.2) is 72.8 Å². The van der Waals surface area contributed by atoms with Crippen LogP contribution in [0.2, 0.25) is 0 Å². The molecule has 0 aromatic heterocycles. The monoisotopic (exact) mass is 428 g/mol. The zero-order valence-electron chi connectivity index (χ0n) is 17.5. The Labute approximate surface area is 186 Å². The third-order valence-electron chi connectivity index (χ3n) is 5.89. The SMILES string of the molecule is O=C(NCC1CCCO1)c1ccccc1NC(=O)C1c2ccccc2Oc2ccccc21. The minimum Gasteiger partial charge on any atom is -0.457 e. The molecule has 6 heteroatoms. The fourth-order valence-corrected chi connectivity index (χ4v) is 4.29. The van der Waals surface area contributed by atoms with Crippen molar-refractivity contribution in [2.75, 3.05) is 18.5 Å². The molecule has 3 aromatic rings. The van der Waals surface area contributed by atoms with E-state index in [2.05, 4.69) is 10.6 Å². The minimum absolute atomic E-state index is 0.0518. The summed E-state index contributed by atoms with van der Waals surface area (Å²) < 4.78 is 11.6. The number of rotatable bonds is 5. The Bertz CT molecular complexity index is 1110. The third-order valence-corrected chi connectivity index (χ3v) is 5.89. The summed E-state index contributed by atoms with van der Waals surface area (Å²) in [5.74, 6) is 0.332. The van der Waals surface area contributed by atoms with Crippen molar-refractivity contribution in [3.63, 3.8) is 0 Å². The maximum Gasteiger partial charge on any atom is 0.253 e. The predicted molar refractivity (Wildman–Crippen MR) is 121 cm³/mol. The number of hydrogen-bond acceptors (Lipinski definition) is 4. The zero-order chi connectivity index (χ0) is 21.9. The highest BCUT2D eigenvalue weighted by Gasteiger charge is 2.33. The fourth-order valence-electron chi connectivity index (χ4n) is 4.29. The van der Waals surface area contributed by atoms with Crippen molar-refractivity contribution in [3.05, 3.63) is 89.5 Å². The van der Waals surface area contributed by atoms with Crippen molar-refractivity contribution in [2.45, 2.75) is 24.9 Å². The van der Waals surface area contributed by atoms with Crippen LogP contribution in [0.3, 0.4) is 0 Å². The summed E-state index contributed by atoms with van der Waals surface area (Å²) in [6, 6.07) is 22.1. The van der Waals surface area contributed by atoms with Gasteiger partial charge in [0.2, 0.25) is 5.91 Å². The molecule has 1 atom stereocenters. The second-order valence-corrected chi connectivity index (χ2v) is 7.99. The molecule has 0 spiro atoms. The van der Waals surface area contributed by atoms with Gasteiger partial charge in [0.15, 0.2) is 0 Å². The molecule has 2 aliphatic heterocycles. The van der Waals surface area contributed by atoms with Crippen molar-refractivity contribution in [2.24, 2.45) is 0 Å². The van der Waals surface area contributed by atoms with Crippen LogP contribution in [0.25, 0.3) is 0 Å². The molecule has 32 heavy (non-hydrogen) atoms. The highest BCUT2D eigenvalue weighted by Crippen LogP contribution is 2.44. The number of carbonyl (C=O) groups excluding carboxylic acids is 2. The number of anilines is 1. The van der Waals surface area contributed by atoms with Gasteiger partial charge in [0.05, 0.1) is 23.3 Å². The van der Waals surface area contributed by atoms with Crippen LogP contribution in [0.5, 0.6) is 11.5 Å². The van der Waals surface area contributed by atoms with Gasteiger partial charge in [0.1, 0.15) is 11.5 Å². The molecule has 2 heterocycles. The Hall–Kier alpha value is -3.64. The molecule has 2 amide bonds. The lowest BCUT2D eigenvalue weighted by atomic mass is 9.87. The lowest BCUT2D eigenvalue weighted by Gasteiger charge is -2.27. The first-order valence-electron chi connectivity index (χ1n) is 10.9. The van der Waals surface area contributed by atoms with Crippen molar-refractivity contribution >= 4 is 17.5 Å². The number of para-hydroxylation sites is 3. The standard InChI is InChI=1S/C26H24N2O4/c29-25(27-16-17-8-7-15-31-17)18-9-1-4-12-21(18)28-26(30)24-19-10-2-5-13-22(19)32-23-14-6-3-11-20(23)24/h1-6,9-14,17,24H,7-8,15-16H2,(H,27,29)(H,28,30). The van der Waals surface area contributed by atoms with E-state index in [0.29, 0.717) is 29.3 Å². The molecule has 6 nitrogen and oxygen atoms in total. The van der Waals surface area contributed by atoms with Gasteiger partial charge in [-0.2, -0.15) is 0 Å². The van der Waals surface area contributed by atoms with Crippen LogP contribution in [0.1, 0.15) is 40.2 Å². The molecule has 2 N–H and O–H groups in total. The zero-order valence-corrected chi connectivity index (χ0v) is 17.5. The van der Waals surface area contributed by atoms with Gasteiger partial charge in [-0.15, -0.1) is 0 Å². The molecule has 162 valence electrons. The van der Waals surface area contributed by atoms with Gasteiger partial charge in [-0.05, 0) is 37.1 Å². The van der Waals surface area contributed by atoms with Gasteiger partial charge in [0, 0.05) is 24.3 Å². The maximum atomic E-state index is 13.5. The molecule has 1 unspecified atom stereocenters. The van der Waals surface area contributed by atoms with Crippen molar-refractivity contribution in [1.29, 1.82) is 0 Å². The van der Waals surface area contributed by atoms with Gasteiger partial charge in [-0.25, -0.2) is 0 Å². The number of carbonyl (C=O) groups is 2. The summed E-state index contributed by atoms with van der Waals surface area (Å²) >= 11 is 0. The summed E-state index contributed by atoms with van der Waals surface area (Å²) in [4.78, 5) is 26.4. The molecule has 1 saturated heterocycles. The van der Waals surface area contributed by atoms with E-state index in [-0.39, 0.29) is 17.9 Å². The summed E-state index contributed by atoms with van der Waals surface area (Å²) in [6.07, 6.45) is 2.01. The van der Waals surface area contributed by atoms with Crippen molar-refractivity contribution in [1.82, 2.24) is 5.32 Å². The average molecular weight is 428 g/mol. The first kappa shape index (κ1) is 20.3. The van der Waals surface area contributed by atoms with Gasteiger partial charge in [-0.1, -0.05) is 48.5 Å². The predicted octanol–water partition coefficient (Wildman–Crippen LogP) is 4.47. The van der Waals surface area contributed by atoms with Crippen molar-refractivity contribution < 1.29 is 19.1 Å². The molecule has 2 aliphatic rings. The second-order valence-electron chi connectivity index (χ2n) is 7.99. The Morgan fingerprint density at radius 1 is 0.875 bits per heavy atom. The quantitative estimate of drug-likeness (QED) is 0.629. The number of ether oxygens (including phenoxy) is 2. The lowest BCUT2D eigenvalue weighted by Crippen LogP contribution is -2.33. The van der Waals surface area contributed by atoms with Crippen LogP contribution in [0.4, 0.5) is 5.69 Å². The van der Waals surface area contributed by atoms with E-state index in [4.69, 9.17) is 9.47 Å². The number of fused-ring (bicyclic) bond motifs is 2. The van der Waals surface area contributed by atoms with E-state index < -0.39 is 5.92 Å². The Balaban J connectivity index is 1.40. The summed E-state index contributed by atoms with van der Waals surface area (Å²) in [5, 5.41) is 5.91. The summed E-state index contributed by atoms with van der Waals surface area (Å²) in [5.41, 5.74) is 2.49. The third kappa shape index (κ3) is 3.97.